The second-order valence-corrected chi connectivity index (χ2v) is 7.83. The lowest BCUT2D eigenvalue weighted by Crippen LogP contribution is -2.62. The molecule has 1 amide bonds. The summed E-state index contributed by atoms with van der Waals surface area (Å²) in [5.74, 6) is -2.44. The maximum absolute atomic E-state index is 12.5. The summed E-state index contributed by atoms with van der Waals surface area (Å²) in [5, 5.41) is 25.5. The Morgan fingerprint density at radius 2 is 2.27 bits per heavy atom. The minimum atomic E-state index is -1.20. The number of ketones is 1. The number of rotatable bonds is 6. The molecule has 0 bridgehead atoms. The Morgan fingerprint density at radius 1 is 1.54 bits per heavy atom. The fourth-order valence-corrected chi connectivity index (χ4v) is 5.04. The molecule has 0 aromatic carbocycles. The highest BCUT2D eigenvalue weighted by Crippen LogP contribution is 2.45. The number of carbonyl (C=O) groups is 3. The number of hydrogen-bond acceptors (Lipinski definition) is 9. The summed E-state index contributed by atoms with van der Waals surface area (Å²) in [5.41, 5.74) is 5.71. The maximum Gasteiger partial charge on any atom is 0.352 e. The molecule has 26 heavy (non-hydrogen) atoms. The van der Waals surface area contributed by atoms with Crippen molar-refractivity contribution in [2.24, 2.45) is 16.8 Å². The van der Waals surface area contributed by atoms with Gasteiger partial charge in [0.05, 0.1) is 17.0 Å². The number of β-lactam (4-membered cyclic amide) rings is 1. The van der Waals surface area contributed by atoms with E-state index >= 15 is 0 Å². The Balaban J connectivity index is 1.74. The first-order valence-corrected chi connectivity index (χ1v) is 9.55. The van der Waals surface area contributed by atoms with Crippen LogP contribution < -0.4 is 11.1 Å². The van der Waals surface area contributed by atoms with Crippen LogP contribution in [0.4, 0.5) is 0 Å². The predicted molar refractivity (Wildman–Crippen MR) is 97.1 cm³/mol. The topological polar surface area (TPSA) is 145 Å². The van der Waals surface area contributed by atoms with Gasteiger partial charge in [-0.2, -0.15) is 0 Å². The number of amides is 1. The van der Waals surface area contributed by atoms with E-state index in [2.05, 4.69) is 17.1 Å². The number of nitrogens with two attached hydrogens (primary N) is 1. The molecule has 0 radical (unpaired) electrons. The van der Waals surface area contributed by atoms with Gasteiger partial charge in [-0.1, -0.05) is 29.6 Å². The average Bonchev–Trinajstić information content (AvgIpc) is 3.04. The van der Waals surface area contributed by atoms with Crippen molar-refractivity contribution in [2.45, 2.75) is 17.3 Å². The molecule has 9 nitrogen and oxygen atoms in total. The van der Waals surface area contributed by atoms with E-state index in [1.807, 2.05) is 0 Å². The van der Waals surface area contributed by atoms with Gasteiger partial charge in [0.15, 0.2) is 11.5 Å². The molecule has 0 aromatic rings. The van der Waals surface area contributed by atoms with Crippen molar-refractivity contribution in [3.63, 3.8) is 0 Å². The summed E-state index contributed by atoms with van der Waals surface area (Å²) in [6.07, 6.45) is 1.25. The lowest BCUT2D eigenvalue weighted by atomic mass is 9.89. The number of nitrogens with one attached hydrogen (secondary N) is 1. The van der Waals surface area contributed by atoms with Gasteiger partial charge < -0.3 is 21.4 Å². The van der Waals surface area contributed by atoms with Gasteiger partial charge >= 0.3 is 5.97 Å². The van der Waals surface area contributed by atoms with Crippen LogP contribution in [0.25, 0.3) is 0 Å². The lowest BCUT2D eigenvalue weighted by molar-refractivity contribution is -0.153. The van der Waals surface area contributed by atoms with Crippen LogP contribution in [0.2, 0.25) is 0 Å². The second-order valence-electron chi connectivity index (χ2n) is 5.71. The molecule has 1 saturated heterocycles. The molecule has 0 spiro atoms. The van der Waals surface area contributed by atoms with Gasteiger partial charge in [0.25, 0.3) is 0 Å². The molecule has 3 atom stereocenters. The number of carboxylic acids is 1. The van der Waals surface area contributed by atoms with Crippen molar-refractivity contribution in [2.75, 3.05) is 5.75 Å². The highest BCUT2D eigenvalue weighted by atomic mass is 32.2. The first kappa shape index (κ1) is 18.5. The molecule has 3 heterocycles. The van der Waals surface area contributed by atoms with E-state index in [4.69, 9.17) is 10.9 Å². The highest BCUT2D eigenvalue weighted by molar-refractivity contribution is 8.02. The Kier molecular flexibility index (Phi) is 5.12. The molecule has 11 heteroatoms. The Hall–Kier alpha value is -2.24. The second kappa shape index (κ2) is 7.17. The van der Waals surface area contributed by atoms with Gasteiger partial charge in [-0.25, -0.2) is 4.79 Å². The van der Waals surface area contributed by atoms with E-state index in [-0.39, 0.29) is 17.8 Å². The molecule has 138 valence electrons. The number of thioether (sulfide) groups is 2. The van der Waals surface area contributed by atoms with Crippen molar-refractivity contribution < 1.29 is 24.7 Å². The third-order valence-corrected chi connectivity index (χ3v) is 6.35. The van der Waals surface area contributed by atoms with Gasteiger partial charge in [-0.15, -0.1) is 11.8 Å². The zero-order valence-electron chi connectivity index (χ0n) is 13.4. The van der Waals surface area contributed by atoms with E-state index < -0.39 is 34.4 Å². The van der Waals surface area contributed by atoms with Crippen LogP contribution in [0.3, 0.4) is 0 Å². The van der Waals surface area contributed by atoms with Crippen molar-refractivity contribution >= 4 is 46.9 Å². The maximum atomic E-state index is 12.5. The molecule has 3 rings (SSSR count). The zero-order chi connectivity index (χ0) is 19.0. The van der Waals surface area contributed by atoms with Crippen LogP contribution in [-0.4, -0.2) is 55.2 Å². The SMILES string of the molecule is C=CC1=C(C(=O)O)N2C(=O)C(CC(=O)/C(=N\O)C3=CSC(N)N3)C2SC1. The number of carbonyl (C=O) groups excluding carboxylic acids is 2. The van der Waals surface area contributed by atoms with Crippen molar-refractivity contribution in [3.05, 3.63) is 35.0 Å². The molecule has 3 aliphatic rings. The van der Waals surface area contributed by atoms with E-state index in [1.54, 1.807) is 5.41 Å². The Labute approximate surface area is 157 Å². The van der Waals surface area contributed by atoms with Crippen LogP contribution >= 0.6 is 23.5 Å². The van der Waals surface area contributed by atoms with Gasteiger partial charge in [-0.3, -0.25) is 14.5 Å². The predicted octanol–water partition coefficient (Wildman–Crippen LogP) is 0.252. The van der Waals surface area contributed by atoms with Crippen LogP contribution in [0.5, 0.6) is 0 Å². The van der Waals surface area contributed by atoms with Crippen LogP contribution in [-0.2, 0) is 14.4 Å². The molecular weight excluding hydrogens is 380 g/mol. The number of nitrogens with zero attached hydrogens (tertiary/aromatic N) is 2. The number of fused-ring (bicyclic) bond motifs is 1. The Morgan fingerprint density at radius 3 is 2.81 bits per heavy atom. The molecule has 1 fully saturated rings. The lowest BCUT2D eigenvalue weighted by Gasteiger charge is -2.49. The monoisotopic (exact) mass is 396 g/mol. The number of Topliss-reactive ketones (excluding diaryl/α,β-unsaturated/α-hetero) is 1. The number of oxime groups is 1. The standard InChI is InChI=1S/C15H16N4O5S2/c1-2-6-4-25-13-7(12(21)19(13)11(6)14(22)23)3-9(20)10(18-24)8-5-26-15(16)17-8/h2,5,7,13,15,17,24H,1,3-4,16H2,(H,22,23)/b18-10-. The quantitative estimate of drug-likeness (QED) is 0.215. The first-order valence-electron chi connectivity index (χ1n) is 7.56. The smallest absolute Gasteiger partial charge is 0.352 e. The van der Waals surface area contributed by atoms with E-state index in [1.165, 1.54) is 34.5 Å². The third kappa shape index (κ3) is 3.02. The van der Waals surface area contributed by atoms with E-state index in [0.717, 1.165) is 0 Å². The van der Waals surface area contributed by atoms with Crippen molar-refractivity contribution in [1.82, 2.24) is 10.2 Å². The summed E-state index contributed by atoms with van der Waals surface area (Å²) in [7, 11) is 0. The summed E-state index contributed by atoms with van der Waals surface area (Å²) < 4.78 is 0. The summed E-state index contributed by atoms with van der Waals surface area (Å²) in [6.45, 7) is 3.58. The van der Waals surface area contributed by atoms with Crippen molar-refractivity contribution in [3.8, 4) is 0 Å². The molecule has 3 aliphatic heterocycles. The molecular formula is C15H16N4O5S2. The number of allylic oxidation sites excluding steroid dienone is 2. The molecule has 0 aliphatic carbocycles. The van der Waals surface area contributed by atoms with Crippen LogP contribution in [0.1, 0.15) is 6.42 Å². The molecule has 3 unspecified atom stereocenters. The van der Waals surface area contributed by atoms with Gasteiger partial charge in [-0.05, 0) is 5.57 Å². The van der Waals surface area contributed by atoms with Crippen molar-refractivity contribution in [1.29, 1.82) is 0 Å². The number of carboxylic acid groups (broad SMARTS) is 1. The zero-order valence-corrected chi connectivity index (χ0v) is 15.0. The first-order chi connectivity index (χ1) is 12.4. The summed E-state index contributed by atoms with van der Waals surface area (Å²) in [6, 6.07) is 0. The average molecular weight is 396 g/mol. The van der Waals surface area contributed by atoms with Crippen LogP contribution in [0, 0.1) is 5.92 Å². The molecule has 0 saturated carbocycles. The number of aliphatic carboxylic acids is 1. The van der Waals surface area contributed by atoms with Gasteiger partial charge in [0, 0.05) is 17.6 Å². The fourth-order valence-electron chi connectivity index (χ4n) is 2.98. The minimum absolute atomic E-state index is 0.0870. The molecule has 5 N–H and O–H groups in total. The largest absolute Gasteiger partial charge is 0.477 e. The minimum Gasteiger partial charge on any atom is -0.477 e. The molecule has 0 aromatic heterocycles. The van der Waals surface area contributed by atoms with E-state index in [0.29, 0.717) is 17.0 Å². The number of hydrogen-bond donors (Lipinski definition) is 4. The fraction of sp³-hybridized carbons (Fsp3) is 0.333. The van der Waals surface area contributed by atoms with Gasteiger partial charge in [0.1, 0.15) is 11.2 Å². The third-order valence-electron chi connectivity index (χ3n) is 4.21. The van der Waals surface area contributed by atoms with Crippen LogP contribution in [0.15, 0.2) is 40.2 Å². The summed E-state index contributed by atoms with van der Waals surface area (Å²) >= 11 is 2.61. The highest BCUT2D eigenvalue weighted by Gasteiger charge is 2.53. The normalized spacial score (nSPS) is 28.1. The Bertz CT molecular complexity index is 791. The van der Waals surface area contributed by atoms with Gasteiger partial charge in [0.2, 0.25) is 5.91 Å². The summed E-state index contributed by atoms with van der Waals surface area (Å²) in [4.78, 5) is 37.6. The van der Waals surface area contributed by atoms with E-state index in [9.17, 15) is 19.5 Å².